The molecule has 0 bridgehead atoms. The van der Waals surface area contributed by atoms with Gasteiger partial charge in [0, 0.05) is 18.4 Å². The van der Waals surface area contributed by atoms with E-state index in [4.69, 9.17) is 9.72 Å². The molecular formula is C18H23N7O4. The van der Waals surface area contributed by atoms with Crippen LogP contribution in [0.25, 0.3) is 17.1 Å². The van der Waals surface area contributed by atoms with Gasteiger partial charge in [-0.05, 0) is 18.9 Å². The molecule has 3 aromatic heterocycles. The third-order valence-corrected chi connectivity index (χ3v) is 5.64. The number of nitrogens with one attached hydrogen (secondary N) is 1. The number of hydrogen-bond acceptors (Lipinski definition) is 9. The molecule has 3 aromatic rings. The van der Waals surface area contributed by atoms with Crippen molar-refractivity contribution >= 4 is 17.0 Å². The van der Waals surface area contributed by atoms with E-state index in [0.717, 1.165) is 12.8 Å². The summed E-state index contributed by atoms with van der Waals surface area (Å²) in [6, 6.07) is 2.09. The Morgan fingerprint density at radius 1 is 1.17 bits per heavy atom. The minimum atomic E-state index is -1.26. The number of anilines is 1. The van der Waals surface area contributed by atoms with Crippen LogP contribution in [0.15, 0.2) is 24.8 Å². The summed E-state index contributed by atoms with van der Waals surface area (Å²) < 4.78 is 8.88. The Morgan fingerprint density at radius 2 is 2.00 bits per heavy atom. The molecule has 4 atom stereocenters. The molecule has 154 valence electrons. The van der Waals surface area contributed by atoms with E-state index in [0.29, 0.717) is 29.0 Å². The zero-order valence-electron chi connectivity index (χ0n) is 15.7. The lowest BCUT2D eigenvalue weighted by Crippen LogP contribution is -2.33. The molecule has 1 unspecified atom stereocenters. The van der Waals surface area contributed by atoms with Gasteiger partial charge in [0.05, 0.1) is 6.61 Å². The van der Waals surface area contributed by atoms with Crippen LogP contribution in [-0.2, 0) is 4.74 Å². The number of aliphatic hydroxyl groups excluding tert-OH is 3. The third-order valence-electron chi connectivity index (χ3n) is 5.64. The first-order valence-corrected chi connectivity index (χ1v) is 9.79. The van der Waals surface area contributed by atoms with Crippen molar-refractivity contribution in [2.75, 3.05) is 11.9 Å². The van der Waals surface area contributed by atoms with Crippen LogP contribution < -0.4 is 5.32 Å². The summed E-state index contributed by atoms with van der Waals surface area (Å²) in [5, 5.41) is 38.0. The predicted octanol–water partition coefficient (Wildman–Crippen LogP) is -0.0220. The number of hydrogen-bond donors (Lipinski definition) is 4. The maximum Gasteiger partial charge on any atom is 0.235 e. The van der Waals surface area contributed by atoms with Crippen molar-refractivity contribution in [2.24, 2.45) is 0 Å². The van der Waals surface area contributed by atoms with Crippen molar-refractivity contribution < 1.29 is 20.1 Å². The smallest absolute Gasteiger partial charge is 0.235 e. The average molecular weight is 401 g/mol. The number of rotatable bonds is 5. The van der Waals surface area contributed by atoms with Gasteiger partial charge in [-0.3, -0.25) is 4.57 Å². The van der Waals surface area contributed by atoms with Crippen LogP contribution in [0.3, 0.4) is 0 Å². The summed E-state index contributed by atoms with van der Waals surface area (Å²) in [6.45, 7) is -0.415. The van der Waals surface area contributed by atoms with Crippen molar-refractivity contribution in [3.8, 4) is 5.95 Å². The Bertz CT molecular complexity index is 986. The Labute approximate surface area is 166 Å². The van der Waals surface area contributed by atoms with Gasteiger partial charge in [-0.15, -0.1) is 0 Å². The fourth-order valence-corrected chi connectivity index (χ4v) is 4.14. The molecule has 4 heterocycles. The highest BCUT2D eigenvalue weighted by atomic mass is 16.6. The maximum atomic E-state index is 10.6. The van der Waals surface area contributed by atoms with Crippen molar-refractivity contribution in [3.05, 3.63) is 24.8 Å². The largest absolute Gasteiger partial charge is 0.394 e. The number of aliphatic hydroxyl groups is 3. The summed E-state index contributed by atoms with van der Waals surface area (Å²) in [7, 11) is 0. The summed E-state index contributed by atoms with van der Waals surface area (Å²) >= 11 is 0. The summed E-state index contributed by atoms with van der Waals surface area (Å²) in [5.74, 6) is 0.982. The molecule has 1 saturated carbocycles. The fraction of sp³-hybridized carbons (Fsp3) is 0.556. The second-order valence-corrected chi connectivity index (χ2v) is 7.48. The zero-order valence-corrected chi connectivity index (χ0v) is 15.7. The molecule has 11 heteroatoms. The van der Waals surface area contributed by atoms with E-state index in [1.165, 1.54) is 23.9 Å². The minimum Gasteiger partial charge on any atom is -0.394 e. The highest BCUT2D eigenvalue weighted by Crippen LogP contribution is 2.35. The summed E-state index contributed by atoms with van der Waals surface area (Å²) in [6.07, 6.45) is 4.90. The molecule has 2 aliphatic rings. The molecule has 0 aromatic carbocycles. The Hall–Kier alpha value is -2.60. The third kappa shape index (κ3) is 3.06. The van der Waals surface area contributed by atoms with Crippen LogP contribution in [0, 0.1) is 0 Å². The molecule has 1 aliphatic carbocycles. The number of nitrogens with zero attached hydrogens (tertiary/aromatic N) is 6. The second kappa shape index (κ2) is 7.34. The van der Waals surface area contributed by atoms with E-state index in [2.05, 4.69) is 20.4 Å². The van der Waals surface area contributed by atoms with Gasteiger partial charge in [0.1, 0.15) is 24.6 Å². The number of imidazole rings is 1. The van der Waals surface area contributed by atoms with E-state index < -0.39 is 31.1 Å². The lowest BCUT2D eigenvalue weighted by molar-refractivity contribution is -0.0511. The van der Waals surface area contributed by atoms with E-state index in [-0.39, 0.29) is 0 Å². The molecule has 11 nitrogen and oxygen atoms in total. The number of fused-ring (bicyclic) bond motifs is 1. The first-order valence-electron chi connectivity index (χ1n) is 9.79. The van der Waals surface area contributed by atoms with Crippen LogP contribution in [0.4, 0.5) is 5.82 Å². The highest BCUT2D eigenvalue weighted by Gasteiger charge is 2.45. The quantitative estimate of drug-likeness (QED) is 0.463. The normalized spacial score (nSPS) is 27.8. The Morgan fingerprint density at radius 3 is 2.69 bits per heavy atom. The van der Waals surface area contributed by atoms with Gasteiger partial charge >= 0.3 is 0 Å². The van der Waals surface area contributed by atoms with E-state index in [1.54, 1.807) is 23.0 Å². The molecular weight excluding hydrogens is 378 g/mol. The Kier molecular flexibility index (Phi) is 4.66. The summed E-state index contributed by atoms with van der Waals surface area (Å²) in [5.41, 5.74) is 0.975. The van der Waals surface area contributed by atoms with Crippen molar-refractivity contribution in [2.45, 2.75) is 56.3 Å². The van der Waals surface area contributed by atoms with Crippen LogP contribution in [0.5, 0.6) is 0 Å². The minimum absolute atomic E-state index is 0.334. The first kappa shape index (κ1) is 18.4. The first-order chi connectivity index (χ1) is 14.2. The van der Waals surface area contributed by atoms with Gasteiger partial charge in [-0.1, -0.05) is 12.8 Å². The van der Waals surface area contributed by atoms with Crippen molar-refractivity contribution in [3.63, 3.8) is 0 Å². The van der Waals surface area contributed by atoms with Gasteiger partial charge in [0.2, 0.25) is 5.95 Å². The lowest BCUT2D eigenvalue weighted by atomic mass is 10.1. The molecule has 2 fully saturated rings. The highest BCUT2D eigenvalue weighted by molar-refractivity contribution is 5.84. The SMILES string of the molecule is OC[C@H]1OC(n2c(-n3cccn3)nc3c(NC4CCCC4)ncnc32)[C@H](O)[C@@H]1O. The van der Waals surface area contributed by atoms with E-state index in [1.807, 2.05) is 0 Å². The molecule has 1 aliphatic heterocycles. The Balaban J connectivity index is 1.64. The second-order valence-electron chi connectivity index (χ2n) is 7.48. The summed E-state index contributed by atoms with van der Waals surface area (Å²) in [4.78, 5) is 13.4. The van der Waals surface area contributed by atoms with E-state index in [9.17, 15) is 15.3 Å². The molecule has 4 N–H and O–H groups in total. The van der Waals surface area contributed by atoms with Crippen LogP contribution in [0.2, 0.25) is 0 Å². The van der Waals surface area contributed by atoms with Crippen LogP contribution in [-0.4, -0.2) is 75.6 Å². The van der Waals surface area contributed by atoms with Crippen LogP contribution >= 0.6 is 0 Å². The van der Waals surface area contributed by atoms with Gasteiger partial charge in [0.25, 0.3) is 0 Å². The van der Waals surface area contributed by atoms with Crippen molar-refractivity contribution in [1.29, 1.82) is 0 Å². The standard InChI is InChI=1S/C18H23N7O4/c26-8-11-13(27)14(28)17(29-11)25-16-12(23-18(25)24-7-3-6-21-24)15(19-9-20-16)22-10-4-1-2-5-10/h3,6-7,9-11,13-14,17,26-28H,1-2,4-5,8H2,(H,19,20,22)/t11-,13-,14-,17?/m1/s1. The molecule has 29 heavy (non-hydrogen) atoms. The van der Waals surface area contributed by atoms with Gasteiger partial charge in [0.15, 0.2) is 23.2 Å². The number of aromatic nitrogens is 6. The van der Waals surface area contributed by atoms with Gasteiger partial charge in [-0.25, -0.2) is 19.6 Å². The lowest BCUT2D eigenvalue weighted by Gasteiger charge is -2.19. The number of ether oxygens (including phenoxy) is 1. The van der Waals surface area contributed by atoms with Crippen LogP contribution in [0.1, 0.15) is 31.9 Å². The average Bonchev–Trinajstić information content (AvgIpc) is 3.51. The molecule has 1 saturated heterocycles. The van der Waals surface area contributed by atoms with Crippen molar-refractivity contribution in [1.82, 2.24) is 29.3 Å². The topological polar surface area (TPSA) is 143 Å². The molecule has 0 amide bonds. The van der Waals surface area contributed by atoms with E-state index >= 15 is 0 Å². The van der Waals surface area contributed by atoms with Gasteiger partial charge < -0.3 is 25.4 Å². The monoisotopic (exact) mass is 401 g/mol. The molecule has 0 radical (unpaired) electrons. The fourth-order valence-electron chi connectivity index (χ4n) is 4.14. The zero-order chi connectivity index (χ0) is 20.0. The molecule has 5 rings (SSSR count). The molecule has 0 spiro atoms. The predicted molar refractivity (Wildman–Crippen MR) is 101 cm³/mol. The van der Waals surface area contributed by atoms with Gasteiger partial charge in [-0.2, -0.15) is 5.10 Å². The maximum absolute atomic E-state index is 10.6.